The molecule has 0 radical (unpaired) electrons. The Balaban J connectivity index is 1.61. The number of urea groups is 1. The van der Waals surface area contributed by atoms with Crippen LogP contribution in [0.4, 0.5) is 16.2 Å². The van der Waals surface area contributed by atoms with E-state index in [2.05, 4.69) is 25.7 Å². The minimum atomic E-state index is -0.396. The van der Waals surface area contributed by atoms with E-state index in [-0.39, 0.29) is 6.54 Å². The van der Waals surface area contributed by atoms with Gasteiger partial charge in [-0.25, -0.2) is 4.79 Å². The number of carbonyl (C=O) groups is 1. The summed E-state index contributed by atoms with van der Waals surface area (Å²) in [6.45, 7) is 4.83. The van der Waals surface area contributed by atoms with Gasteiger partial charge < -0.3 is 24.7 Å². The average Bonchev–Trinajstić information content (AvgIpc) is 3.01. The molecular weight excluding hydrogens is 334 g/mol. The van der Waals surface area contributed by atoms with Crippen LogP contribution in [0.25, 0.3) is 0 Å². The van der Waals surface area contributed by atoms with Crippen molar-refractivity contribution in [3.63, 3.8) is 0 Å². The molecule has 128 valence electrons. The van der Waals surface area contributed by atoms with Crippen LogP contribution in [0.1, 0.15) is 11.8 Å². The van der Waals surface area contributed by atoms with Gasteiger partial charge in [0.05, 0.1) is 30.5 Å². The third kappa shape index (κ3) is 4.15. The Morgan fingerprint density at radius 3 is 2.83 bits per heavy atom. The number of nitrogens with zero attached hydrogens (tertiary/aromatic N) is 3. The molecule has 1 aliphatic heterocycles. The highest BCUT2D eigenvalue weighted by molar-refractivity contribution is 6.33. The van der Waals surface area contributed by atoms with Gasteiger partial charge in [-0.2, -0.15) is 0 Å². The summed E-state index contributed by atoms with van der Waals surface area (Å²) in [7, 11) is 0. The van der Waals surface area contributed by atoms with Crippen LogP contribution in [-0.2, 0) is 11.3 Å². The van der Waals surface area contributed by atoms with Crippen LogP contribution >= 0.6 is 11.6 Å². The van der Waals surface area contributed by atoms with Gasteiger partial charge in [0.15, 0.2) is 0 Å². The number of rotatable bonds is 4. The maximum absolute atomic E-state index is 12.0. The van der Waals surface area contributed by atoms with Crippen LogP contribution in [0, 0.1) is 6.92 Å². The van der Waals surface area contributed by atoms with Crippen molar-refractivity contribution < 1.29 is 13.9 Å². The second kappa shape index (κ2) is 7.50. The van der Waals surface area contributed by atoms with Crippen molar-refractivity contribution in [1.29, 1.82) is 0 Å². The fourth-order valence-electron chi connectivity index (χ4n) is 2.36. The lowest BCUT2D eigenvalue weighted by atomic mass is 10.2. The highest BCUT2D eigenvalue weighted by atomic mass is 35.5. The molecule has 0 spiro atoms. The van der Waals surface area contributed by atoms with Crippen LogP contribution in [0.15, 0.2) is 22.6 Å². The molecule has 2 aromatic rings. The molecule has 0 bridgehead atoms. The zero-order chi connectivity index (χ0) is 16.9. The number of hydrogen-bond acceptors (Lipinski definition) is 6. The average molecular weight is 352 g/mol. The zero-order valence-electron chi connectivity index (χ0n) is 13.2. The SMILES string of the molecule is Cc1nnc(CNC(=O)Nc2cc(N3CCOCC3)ccc2Cl)o1. The summed E-state index contributed by atoms with van der Waals surface area (Å²) in [6.07, 6.45) is 0. The molecule has 1 aromatic carbocycles. The number of aromatic nitrogens is 2. The lowest BCUT2D eigenvalue weighted by Gasteiger charge is -2.29. The fourth-order valence-corrected chi connectivity index (χ4v) is 2.52. The molecule has 0 aliphatic carbocycles. The number of carbonyl (C=O) groups excluding carboxylic acids is 1. The van der Waals surface area contributed by atoms with Crippen molar-refractivity contribution in [2.75, 3.05) is 36.5 Å². The number of anilines is 2. The van der Waals surface area contributed by atoms with Crippen molar-refractivity contribution in [3.8, 4) is 0 Å². The predicted molar refractivity (Wildman–Crippen MR) is 89.4 cm³/mol. The van der Waals surface area contributed by atoms with Crippen molar-refractivity contribution in [2.24, 2.45) is 0 Å². The first-order chi connectivity index (χ1) is 11.6. The number of aryl methyl sites for hydroxylation is 1. The first kappa shape index (κ1) is 16.5. The number of hydrogen-bond donors (Lipinski definition) is 2. The van der Waals surface area contributed by atoms with Gasteiger partial charge in [-0.3, -0.25) is 0 Å². The first-order valence-corrected chi connectivity index (χ1v) is 7.96. The van der Waals surface area contributed by atoms with Gasteiger partial charge in [-0.05, 0) is 18.2 Å². The van der Waals surface area contributed by atoms with Gasteiger partial charge in [-0.1, -0.05) is 11.6 Å². The molecule has 1 aliphatic rings. The molecule has 1 saturated heterocycles. The third-order valence-corrected chi connectivity index (χ3v) is 3.87. The molecule has 9 heteroatoms. The molecule has 0 atom stereocenters. The van der Waals surface area contributed by atoms with Gasteiger partial charge in [0.2, 0.25) is 11.8 Å². The summed E-state index contributed by atoms with van der Waals surface area (Å²) in [5.74, 6) is 0.796. The number of halogens is 1. The lowest BCUT2D eigenvalue weighted by molar-refractivity contribution is 0.122. The Labute approximate surface area is 144 Å². The van der Waals surface area contributed by atoms with Gasteiger partial charge in [0, 0.05) is 25.7 Å². The standard InChI is InChI=1S/C15H18ClN5O3/c1-10-19-20-14(24-10)9-17-15(22)18-13-8-11(2-3-12(13)16)21-4-6-23-7-5-21/h2-3,8H,4-7,9H2,1H3,(H2,17,18,22). The fraction of sp³-hybridized carbons (Fsp3) is 0.400. The van der Waals surface area contributed by atoms with Crippen LogP contribution in [0.3, 0.4) is 0 Å². The molecule has 0 saturated carbocycles. The molecule has 2 N–H and O–H groups in total. The Bertz CT molecular complexity index is 715. The van der Waals surface area contributed by atoms with E-state index in [1.807, 2.05) is 12.1 Å². The highest BCUT2D eigenvalue weighted by Crippen LogP contribution is 2.28. The Morgan fingerprint density at radius 2 is 2.12 bits per heavy atom. The van der Waals surface area contributed by atoms with Crippen molar-refractivity contribution in [1.82, 2.24) is 15.5 Å². The number of morpholine rings is 1. The Hall–Kier alpha value is -2.32. The van der Waals surface area contributed by atoms with E-state index >= 15 is 0 Å². The monoisotopic (exact) mass is 351 g/mol. The minimum Gasteiger partial charge on any atom is -0.424 e. The quantitative estimate of drug-likeness (QED) is 0.877. The number of nitrogens with one attached hydrogen (secondary N) is 2. The van der Waals surface area contributed by atoms with E-state index in [0.29, 0.717) is 35.7 Å². The summed E-state index contributed by atoms with van der Waals surface area (Å²) < 4.78 is 10.5. The molecule has 8 nitrogen and oxygen atoms in total. The molecule has 1 fully saturated rings. The Kier molecular flexibility index (Phi) is 5.17. The van der Waals surface area contributed by atoms with Crippen molar-refractivity contribution in [3.05, 3.63) is 35.0 Å². The van der Waals surface area contributed by atoms with E-state index in [1.165, 1.54) is 0 Å². The summed E-state index contributed by atoms with van der Waals surface area (Å²) in [6, 6.07) is 5.15. The van der Waals surface area contributed by atoms with Crippen LogP contribution < -0.4 is 15.5 Å². The molecular formula is C15H18ClN5O3. The Morgan fingerprint density at radius 1 is 1.33 bits per heavy atom. The summed E-state index contributed by atoms with van der Waals surface area (Å²) in [5.41, 5.74) is 1.53. The van der Waals surface area contributed by atoms with Crippen molar-refractivity contribution in [2.45, 2.75) is 13.5 Å². The molecule has 2 amide bonds. The predicted octanol–water partition coefficient (Wildman–Crippen LogP) is 2.19. The van der Waals surface area contributed by atoms with Gasteiger partial charge in [0.1, 0.15) is 0 Å². The lowest BCUT2D eigenvalue weighted by Crippen LogP contribution is -2.36. The normalized spacial score (nSPS) is 14.5. The largest absolute Gasteiger partial charge is 0.424 e. The molecule has 0 unspecified atom stereocenters. The maximum atomic E-state index is 12.0. The summed E-state index contributed by atoms with van der Waals surface area (Å²) >= 11 is 6.17. The van der Waals surface area contributed by atoms with E-state index < -0.39 is 6.03 Å². The maximum Gasteiger partial charge on any atom is 0.319 e. The van der Waals surface area contributed by atoms with Crippen LogP contribution in [0.5, 0.6) is 0 Å². The number of benzene rings is 1. The van der Waals surface area contributed by atoms with Gasteiger partial charge >= 0.3 is 6.03 Å². The van der Waals surface area contributed by atoms with E-state index in [0.717, 1.165) is 18.8 Å². The van der Waals surface area contributed by atoms with E-state index in [1.54, 1.807) is 13.0 Å². The van der Waals surface area contributed by atoms with E-state index in [4.69, 9.17) is 20.8 Å². The molecule has 24 heavy (non-hydrogen) atoms. The smallest absolute Gasteiger partial charge is 0.319 e. The number of amides is 2. The molecule has 1 aromatic heterocycles. The third-order valence-electron chi connectivity index (χ3n) is 3.54. The topological polar surface area (TPSA) is 92.5 Å². The second-order valence-corrected chi connectivity index (χ2v) is 5.69. The van der Waals surface area contributed by atoms with Gasteiger partial charge in [-0.15, -0.1) is 10.2 Å². The summed E-state index contributed by atoms with van der Waals surface area (Å²) in [5, 5.41) is 13.4. The second-order valence-electron chi connectivity index (χ2n) is 5.29. The van der Waals surface area contributed by atoms with Crippen LogP contribution in [-0.4, -0.2) is 42.5 Å². The number of ether oxygens (including phenoxy) is 1. The van der Waals surface area contributed by atoms with Crippen molar-refractivity contribution >= 4 is 29.0 Å². The first-order valence-electron chi connectivity index (χ1n) is 7.58. The van der Waals surface area contributed by atoms with Gasteiger partial charge in [0.25, 0.3) is 0 Å². The summed E-state index contributed by atoms with van der Waals surface area (Å²) in [4.78, 5) is 14.2. The van der Waals surface area contributed by atoms with E-state index in [9.17, 15) is 4.79 Å². The molecule has 3 rings (SSSR count). The zero-order valence-corrected chi connectivity index (χ0v) is 14.0. The minimum absolute atomic E-state index is 0.146. The molecule has 2 heterocycles. The van der Waals surface area contributed by atoms with Crippen LogP contribution in [0.2, 0.25) is 5.02 Å². The highest BCUT2D eigenvalue weighted by Gasteiger charge is 2.14.